The maximum atomic E-state index is 12.6. The maximum absolute atomic E-state index is 12.6. The van der Waals surface area contributed by atoms with Crippen LogP contribution >= 0.6 is 0 Å². The predicted octanol–water partition coefficient (Wildman–Crippen LogP) is 4.15. The van der Waals surface area contributed by atoms with E-state index in [0.29, 0.717) is 12.5 Å². The Morgan fingerprint density at radius 2 is 2.00 bits per heavy atom. The average Bonchev–Trinajstić information content (AvgIpc) is 2.25. The lowest BCUT2D eigenvalue weighted by Gasteiger charge is -2.14. The van der Waals surface area contributed by atoms with Crippen LogP contribution in [-0.4, -0.2) is 21.3 Å². The van der Waals surface area contributed by atoms with E-state index < -0.39 is 14.7 Å². The van der Waals surface area contributed by atoms with E-state index in [-0.39, 0.29) is 12.5 Å². The van der Waals surface area contributed by atoms with E-state index in [1.54, 1.807) is 0 Å². The molecule has 0 radical (unpaired) electrons. The van der Waals surface area contributed by atoms with E-state index in [4.69, 9.17) is 4.74 Å². The number of carbonyl (C=O) groups excluding carboxylic acids is 1. The molecule has 0 spiro atoms. The van der Waals surface area contributed by atoms with Gasteiger partial charge < -0.3 is 4.74 Å². The van der Waals surface area contributed by atoms with Crippen molar-refractivity contribution in [2.75, 3.05) is 6.61 Å². The van der Waals surface area contributed by atoms with Crippen molar-refractivity contribution in [3.05, 3.63) is 0 Å². The molecule has 0 fully saturated rings. The van der Waals surface area contributed by atoms with Crippen LogP contribution in [0.3, 0.4) is 0 Å². The highest BCUT2D eigenvalue weighted by atomic mass is 28.4. The second-order valence-corrected chi connectivity index (χ2v) is 7.31. The van der Waals surface area contributed by atoms with Crippen LogP contribution in [0.25, 0.3) is 0 Å². The molecule has 0 bridgehead atoms. The number of carbonyl (C=O) groups is 1. The molecule has 1 atom stereocenters. The average molecular weight is 266 g/mol. The second kappa shape index (κ2) is 8.61. The topological polar surface area (TPSA) is 26.3 Å². The minimum Gasteiger partial charge on any atom is -0.465 e. The fourth-order valence-electron chi connectivity index (χ4n) is 1.50. The van der Waals surface area contributed by atoms with Gasteiger partial charge in [0.15, 0.2) is 0 Å². The highest BCUT2D eigenvalue weighted by Crippen LogP contribution is 2.17. The third-order valence-corrected chi connectivity index (χ3v) is 3.92. The molecule has 17 heavy (non-hydrogen) atoms. The normalized spacial score (nSPS) is 13.5. The Bertz CT molecular complexity index is 217. The van der Waals surface area contributed by atoms with Crippen LogP contribution in [0, 0.1) is 5.92 Å². The van der Waals surface area contributed by atoms with Crippen LogP contribution in [0.2, 0.25) is 12.6 Å². The number of esters is 1. The van der Waals surface area contributed by atoms with Gasteiger partial charge in [0, 0.05) is 12.5 Å². The van der Waals surface area contributed by atoms with Crippen molar-refractivity contribution >= 4 is 14.7 Å². The minimum atomic E-state index is -4.11. The van der Waals surface area contributed by atoms with Gasteiger partial charge in [0.2, 0.25) is 0 Å². The first kappa shape index (κ1) is 16.5. The summed E-state index contributed by atoms with van der Waals surface area (Å²) in [5.74, 6) is -0.104. The summed E-state index contributed by atoms with van der Waals surface area (Å²) in [7, 11) is -4.11. The Hall–Kier alpha value is -0.453. The van der Waals surface area contributed by atoms with Crippen LogP contribution in [-0.2, 0) is 9.53 Å². The molecule has 0 N–H and O–H groups in total. The number of unbranched alkanes of at least 4 members (excludes halogenated alkanes) is 1. The molecule has 0 aliphatic carbocycles. The summed E-state index contributed by atoms with van der Waals surface area (Å²) in [6.07, 6.45) is 4.11. The number of ether oxygens (including phenoxy) is 1. The summed E-state index contributed by atoms with van der Waals surface area (Å²) in [4.78, 5) is 11.3. The summed E-state index contributed by atoms with van der Waals surface area (Å²) in [6, 6.07) is -0.294. The van der Waals surface area contributed by atoms with Gasteiger partial charge in [0.25, 0.3) is 0 Å². The van der Waals surface area contributed by atoms with Crippen LogP contribution in [0.5, 0.6) is 0 Å². The van der Waals surface area contributed by atoms with Crippen molar-refractivity contribution in [1.29, 1.82) is 0 Å². The van der Waals surface area contributed by atoms with Crippen LogP contribution in [0.15, 0.2) is 0 Å². The van der Waals surface area contributed by atoms with Gasteiger partial charge in [-0.3, -0.25) is 13.0 Å². The van der Waals surface area contributed by atoms with Crippen molar-refractivity contribution in [3.63, 3.8) is 0 Å². The first-order valence-electron chi connectivity index (χ1n) is 6.42. The van der Waals surface area contributed by atoms with Gasteiger partial charge in [-0.05, 0) is 18.9 Å². The van der Waals surface area contributed by atoms with Crippen molar-refractivity contribution in [2.45, 2.75) is 58.5 Å². The van der Waals surface area contributed by atoms with E-state index in [2.05, 4.69) is 13.8 Å². The van der Waals surface area contributed by atoms with Gasteiger partial charge in [-0.25, -0.2) is 0 Å². The molecule has 0 amide bonds. The largest absolute Gasteiger partial charge is 0.465 e. The molecular formula is C12H24F2O2Si. The smallest absolute Gasteiger partial charge is 0.422 e. The minimum absolute atomic E-state index is 0.139. The lowest BCUT2D eigenvalue weighted by molar-refractivity contribution is -0.144. The molecule has 0 aromatic rings. The van der Waals surface area contributed by atoms with Gasteiger partial charge >= 0.3 is 14.7 Å². The van der Waals surface area contributed by atoms with Crippen LogP contribution < -0.4 is 0 Å². The van der Waals surface area contributed by atoms with Gasteiger partial charge in [-0.2, -0.15) is 0 Å². The quantitative estimate of drug-likeness (QED) is 0.356. The first-order chi connectivity index (χ1) is 7.89. The van der Waals surface area contributed by atoms with Crippen molar-refractivity contribution in [2.24, 2.45) is 5.92 Å². The predicted molar refractivity (Wildman–Crippen MR) is 67.5 cm³/mol. The highest BCUT2D eigenvalue weighted by Gasteiger charge is 2.28. The third kappa shape index (κ3) is 10.4. The summed E-state index contributed by atoms with van der Waals surface area (Å²) in [5, 5.41) is 0. The molecule has 0 heterocycles. The molecule has 0 aliphatic rings. The number of halogens is 2. The Balaban J connectivity index is 3.73. The summed E-state index contributed by atoms with van der Waals surface area (Å²) < 4.78 is 30.3. The first-order valence-corrected chi connectivity index (χ1v) is 8.88. The zero-order valence-electron chi connectivity index (χ0n) is 11.1. The van der Waals surface area contributed by atoms with Gasteiger partial charge in [-0.1, -0.05) is 33.1 Å². The molecule has 5 heteroatoms. The third-order valence-electron chi connectivity index (χ3n) is 2.79. The van der Waals surface area contributed by atoms with E-state index >= 15 is 0 Å². The van der Waals surface area contributed by atoms with Crippen molar-refractivity contribution < 1.29 is 17.7 Å². The Kier molecular flexibility index (Phi) is 8.38. The van der Waals surface area contributed by atoms with Gasteiger partial charge in [0.1, 0.15) is 0 Å². The zero-order chi connectivity index (χ0) is 13.3. The molecule has 1 unspecified atom stereocenters. The fourth-order valence-corrected chi connectivity index (χ4v) is 2.15. The van der Waals surface area contributed by atoms with Crippen molar-refractivity contribution in [1.82, 2.24) is 0 Å². The van der Waals surface area contributed by atoms with Crippen LogP contribution in [0.1, 0.15) is 46.0 Å². The van der Waals surface area contributed by atoms with E-state index in [0.717, 1.165) is 32.2 Å². The van der Waals surface area contributed by atoms with Gasteiger partial charge in [-0.15, -0.1) is 0 Å². The van der Waals surface area contributed by atoms with Crippen LogP contribution in [0.4, 0.5) is 8.22 Å². The summed E-state index contributed by atoms with van der Waals surface area (Å²) >= 11 is 0. The van der Waals surface area contributed by atoms with E-state index in [1.165, 1.54) is 0 Å². The molecule has 0 saturated carbocycles. The zero-order valence-corrected chi connectivity index (χ0v) is 12.1. The highest BCUT2D eigenvalue weighted by molar-refractivity contribution is 6.64. The Morgan fingerprint density at radius 1 is 1.35 bits per heavy atom. The number of hydrogen-bond donors (Lipinski definition) is 0. The van der Waals surface area contributed by atoms with E-state index in [1.807, 2.05) is 0 Å². The Morgan fingerprint density at radius 3 is 2.47 bits per heavy atom. The molecule has 0 aliphatic heterocycles. The van der Waals surface area contributed by atoms with E-state index in [9.17, 15) is 13.0 Å². The molecule has 2 nitrogen and oxygen atoms in total. The fraction of sp³-hybridized carbons (Fsp3) is 0.917. The molecular weight excluding hydrogens is 242 g/mol. The standard InChI is InChI=1S/C12H24F2O2Si/c1-4-6-7-11(5-2)10-16-12(15)8-9-17(3,13)14/h11H,4-10H2,1-3H3. The van der Waals surface area contributed by atoms with Gasteiger partial charge in [0.05, 0.1) is 6.61 Å². The molecule has 0 aromatic carbocycles. The molecule has 0 rings (SSSR count). The summed E-state index contributed by atoms with van der Waals surface area (Å²) in [6.45, 7) is 5.51. The SMILES string of the molecule is CCCCC(CC)COC(=O)CC[Si](C)(F)F. The molecule has 0 saturated heterocycles. The lowest BCUT2D eigenvalue weighted by atomic mass is 10.0. The number of hydrogen-bond acceptors (Lipinski definition) is 2. The van der Waals surface area contributed by atoms with Crippen molar-refractivity contribution in [3.8, 4) is 0 Å². The molecule has 0 aromatic heterocycles. The lowest BCUT2D eigenvalue weighted by Crippen LogP contribution is -2.20. The summed E-state index contributed by atoms with van der Waals surface area (Å²) in [5.41, 5.74) is 0. The maximum Gasteiger partial charge on any atom is 0.422 e. The Labute approximate surface area is 104 Å². The molecule has 102 valence electrons. The number of rotatable bonds is 9. The monoisotopic (exact) mass is 266 g/mol. The second-order valence-electron chi connectivity index (χ2n) is 4.67.